The molecule has 1 aromatic carbocycles. The molecule has 162 valence electrons. The summed E-state index contributed by atoms with van der Waals surface area (Å²) in [5, 5.41) is 9.32. The Morgan fingerprint density at radius 2 is 1.80 bits per heavy atom. The third-order valence-corrected chi connectivity index (χ3v) is 5.15. The third kappa shape index (κ3) is 5.65. The van der Waals surface area contributed by atoms with Crippen LogP contribution in [0.15, 0.2) is 30.5 Å². The van der Waals surface area contributed by atoms with Gasteiger partial charge >= 0.3 is 6.03 Å². The van der Waals surface area contributed by atoms with Crippen LogP contribution in [0.1, 0.15) is 25.7 Å². The standard InChI is InChI=1S/C21H30N6O3/c1-27(2)19-11-12-22-20(26-19)23-14-5-7-15(8-6-14)24-21(28)25-17-10-9-16(29-3)13-18(17)30-4/h9-15H,5-8H2,1-4H3,(H,22,23,26)(H2,24,25,28)/t14-,15+. The van der Waals surface area contributed by atoms with Crippen LogP contribution >= 0.6 is 0 Å². The van der Waals surface area contributed by atoms with Crippen LogP contribution in [0, 0.1) is 0 Å². The van der Waals surface area contributed by atoms with Crippen molar-refractivity contribution in [3.63, 3.8) is 0 Å². The number of nitrogens with zero attached hydrogens (tertiary/aromatic N) is 3. The van der Waals surface area contributed by atoms with E-state index in [1.807, 2.05) is 25.1 Å². The lowest BCUT2D eigenvalue weighted by Crippen LogP contribution is -2.42. The van der Waals surface area contributed by atoms with Gasteiger partial charge in [-0.05, 0) is 43.9 Å². The molecule has 9 nitrogen and oxygen atoms in total. The molecule has 30 heavy (non-hydrogen) atoms. The zero-order valence-electron chi connectivity index (χ0n) is 17.9. The van der Waals surface area contributed by atoms with Gasteiger partial charge in [0.25, 0.3) is 0 Å². The van der Waals surface area contributed by atoms with E-state index in [-0.39, 0.29) is 12.1 Å². The van der Waals surface area contributed by atoms with Gasteiger partial charge in [-0.3, -0.25) is 0 Å². The zero-order valence-corrected chi connectivity index (χ0v) is 17.9. The Bertz CT molecular complexity index is 852. The van der Waals surface area contributed by atoms with Gasteiger partial charge in [0.1, 0.15) is 17.3 Å². The second-order valence-corrected chi connectivity index (χ2v) is 7.49. The lowest BCUT2D eigenvalue weighted by Gasteiger charge is -2.29. The number of carbonyl (C=O) groups is 1. The maximum absolute atomic E-state index is 12.4. The molecule has 0 atom stereocenters. The summed E-state index contributed by atoms with van der Waals surface area (Å²) in [6.07, 6.45) is 5.41. The molecule has 1 heterocycles. The molecular weight excluding hydrogens is 384 g/mol. The van der Waals surface area contributed by atoms with E-state index in [0.29, 0.717) is 29.2 Å². The first-order chi connectivity index (χ1) is 14.5. The molecule has 1 aromatic heterocycles. The molecule has 3 N–H and O–H groups in total. The van der Waals surface area contributed by atoms with Gasteiger partial charge in [-0.15, -0.1) is 0 Å². The van der Waals surface area contributed by atoms with Crippen LogP contribution in [0.2, 0.25) is 0 Å². The van der Waals surface area contributed by atoms with E-state index in [1.54, 1.807) is 38.6 Å². The SMILES string of the molecule is COc1ccc(NC(=O)N[C@H]2CC[C@@H](Nc3nccc(N(C)C)n3)CC2)c(OC)c1. The molecular formula is C21H30N6O3. The highest BCUT2D eigenvalue weighted by Crippen LogP contribution is 2.29. The van der Waals surface area contributed by atoms with E-state index < -0.39 is 0 Å². The first-order valence-electron chi connectivity index (χ1n) is 10.0. The molecule has 1 aliphatic carbocycles. The largest absolute Gasteiger partial charge is 0.497 e. The van der Waals surface area contributed by atoms with Crippen LogP contribution in [-0.4, -0.2) is 56.4 Å². The number of ether oxygens (including phenoxy) is 2. The van der Waals surface area contributed by atoms with Crippen LogP contribution < -0.4 is 30.3 Å². The molecule has 1 aliphatic rings. The van der Waals surface area contributed by atoms with E-state index >= 15 is 0 Å². The number of hydrogen-bond acceptors (Lipinski definition) is 7. The Morgan fingerprint density at radius 1 is 1.07 bits per heavy atom. The van der Waals surface area contributed by atoms with Crippen LogP contribution in [0.5, 0.6) is 11.5 Å². The molecule has 0 unspecified atom stereocenters. The first kappa shape index (κ1) is 21.5. The lowest BCUT2D eigenvalue weighted by atomic mass is 9.91. The number of aromatic nitrogens is 2. The number of carbonyl (C=O) groups excluding carboxylic acids is 1. The number of hydrogen-bond donors (Lipinski definition) is 3. The molecule has 3 rings (SSSR count). The minimum atomic E-state index is -0.239. The van der Waals surface area contributed by atoms with Gasteiger partial charge in [0.05, 0.1) is 19.9 Å². The second-order valence-electron chi connectivity index (χ2n) is 7.49. The minimum Gasteiger partial charge on any atom is -0.497 e. The van der Waals surface area contributed by atoms with Gasteiger partial charge in [0.2, 0.25) is 5.95 Å². The predicted molar refractivity (Wildman–Crippen MR) is 118 cm³/mol. The molecule has 1 saturated carbocycles. The van der Waals surface area contributed by atoms with Crippen molar-refractivity contribution in [2.75, 3.05) is 43.8 Å². The quantitative estimate of drug-likeness (QED) is 0.640. The summed E-state index contributed by atoms with van der Waals surface area (Å²) in [5.41, 5.74) is 0.601. The lowest BCUT2D eigenvalue weighted by molar-refractivity contribution is 0.243. The number of rotatable bonds is 7. The van der Waals surface area contributed by atoms with E-state index in [0.717, 1.165) is 31.5 Å². The molecule has 0 bridgehead atoms. The molecule has 0 saturated heterocycles. The van der Waals surface area contributed by atoms with Crippen molar-refractivity contribution in [2.24, 2.45) is 0 Å². The highest BCUT2D eigenvalue weighted by Gasteiger charge is 2.23. The van der Waals surface area contributed by atoms with Crippen molar-refractivity contribution in [3.8, 4) is 11.5 Å². The maximum atomic E-state index is 12.4. The molecule has 0 spiro atoms. The van der Waals surface area contributed by atoms with Crippen molar-refractivity contribution in [1.29, 1.82) is 0 Å². The summed E-state index contributed by atoms with van der Waals surface area (Å²) in [4.78, 5) is 23.2. The third-order valence-electron chi connectivity index (χ3n) is 5.15. The van der Waals surface area contributed by atoms with Crippen molar-refractivity contribution in [3.05, 3.63) is 30.5 Å². The number of benzene rings is 1. The summed E-state index contributed by atoms with van der Waals surface area (Å²) < 4.78 is 10.5. The van der Waals surface area contributed by atoms with Crippen LogP contribution in [0.4, 0.5) is 22.2 Å². The van der Waals surface area contributed by atoms with Crippen molar-refractivity contribution in [2.45, 2.75) is 37.8 Å². The van der Waals surface area contributed by atoms with Gasteiger partial charge in [0.15, 0.2) is 0 Å². The van der Waals surface area contributed by atoms with E-state index in [4.69, 9.17) is 9.47 Å². The molecule has 0 radical (unpaired) electrons. The molecule has 2 amide bonds. The van der Waals surface area contributed by atoms with Gasteiger partial charge in [-0.2, -0.15) is 4.98 Å². The maximum Gasteiger partial charge on any atom is 0.319 e. The summed E-state index contributed by atoms with van der Waals surface area (Å²) >= 11 is 0. The van der Waals surface area contributed by atoms with Crippen molar-refractivity contribution < 1.29 is 14.3 Å². The monoisotopic (exact) mass is 414 g/mol. The summed E-state index contributed by atoms with van der Waals surface area (Å²) in [6, 6.07) is 7.34. The number of amides is 2. The normalized spacial score (nSPS) is 18.3. The molecule has 9 heteroatoms. The van der Waals surface area contributed by atoms with E-state index in [2.05, 4.69) is 25.9 Å². The molecule has 1 fully saturated rings. The molecule has 0 aliphatic heterocycles. The summed E-state index contributed by atoms with van der Waals surface area (Å²) in [5.74, 6) is 2.73. The predicted octanol–water partition coefficient (Wildman–Crippen LogP) is 3.10. The Balaban J connectivity index is 1.47. The topological polar surface area (TPSA) is 101 Å². The smallest absolute Gasteiger partial charge is 0.319 e. The van der Waals surface area contributed by atoms with Crippen LogP contribution in [0.3, 0.4) is 0 Å². The highest BCUT2D eigenvalue weighted by molar-refractivity contribution is 5.91. The number of methoxy groups -OCH3 is 2. The average molecular weight is 415 g/mol. The van der Waals surface area contributed by atoms with Gasteiger partial charge in [-0.1, -0.05) is 0 Å². The fraction of sp³-hybridized carbons (Fsp3) is 0.476. The number of anilines is 3. The van der Waals surface area contributed by atoms with Crippen molar-refractivity contribution >= 4 is 23.5 Å². The highest BCUT2D eigenvalue weighted by atomic mass is 16.5. The average Bonchev–Trinajstić information content (AvgIpc) is 2.75. The second kappa shape index (κ2) is 10.00. The Hall–Kier alpha value is -3.23. The Kier molecular flexibility index (Phi) is 7.16. The Morgan fingerprint density at radius 3 is 2.47 bits per heavy atom. The summed E-state index contributed by atoms with van der Waals surface area (Å²) in [7, 11) is 7.06. The van der Waals surface area contributed by atoms with Gasteiger partial charge in [-0.25, -0.2) is 9.78 Å². The van der Waals surface area contributed by atoms with E-state index in [1.165, 1.54) is 0 Å². The zero-order chi connectivity index (χ0) is 21.5. The van der Waals surface area contributed by atoms with Crippen molar-refractivity contribution in [1.82, 2.24) is 15.3 Å². The molecule has 2 aromatic rings. The van der Waals surface area contributed by atoms with Gasteiger partial charge < -0.3 is 30.3 Å². The first-order valence-corrected chi connectivity index (χ1v) is 10.0. The van der Waals surface area contributed by atoms with E-state index in [9.17, 15) is 4.79 Å². The number of urea groups is 1. The fourth-order valence-electron chi connectivity index (χ4n) is 3.48. The number of nitrogens with one attached hydrogen (secondary N) is 3. The van der Waals surface area contributed by atoms with Crippen LogP contribution in [0.25, 0.3) is 0 Å². The van der Waals surface area contributed by atoms with Crippen LogP contribution in [-0.2, 0) is 0 Å². The summed E-state index contributed by atoms with van der Waals surface area (Å²) in [6.45, 7) is 0. The Labute approximate surface area is 177 Å². The van der Waals surface area contributed by atoms with Gasteiger partial charge in [0, 0.05) is 38.4 Å². The fourth-order valence-corrected chi connectivity index (χ4v) is 3.48. The minimum absolute atomic E-state index is 0.126.